The first-order valence-electron chi connectivity index (χ1n) is 7.64. The van der Waals surface area contributed by atoms with Gasteiger partial charge in [0.1, 0.15) is 17.3 Å². The molecule has 1 aromatic heterocycles. The van der Waals surface area contributed by atoms with E-state index in [1.165, 1.54) is 0 Å². The molecule has 0 saturated heterocycles. The summed E-state index contributed by atoms with van der Waals surface area (Å²) in [6, 6.07) is 12.5. The number of anilines is 4. The van der Waals surface area contributed by atoms with E-state index < -0.39 is 0 Å². The fourth-order valence-corrected chi connectivity index (χ4v) is 2.60. The molecule has 0 aliphatic rings. The van der Waals surface area contributed by atoms with E-state index in [-0.39, 0.29) is 0 Å². The minimum atomic E-state index is 0.381. The van der Waals surface area contributed by atoms with Gasteiger partial charge in [-0.05, 0) is 30.3 Å². The SMILES string of the molecule is COc1ccc(Nc2ccnc(Nc3cccc(Cl)c3Cl)n2)c(OC)c1. The largest absolute Gasteiger partial charge is 0.497 e. The first-order chi connectivity index (χ1) is 12.6. The molecule has 0 bridgehead atoms. The van der Waals surface area contributed by atoms with Crippen LogP contribution in [0.25, 0.3) is 0 Å². The summed E-state index contributed by atoms with van der Waals surface area (Å²) in [4.78, 5) is 8.63. The quantitative estimate of drug-likeness (QED) is 0.595. The van der Waals surface area contributed by atoms with Gasteiger partial charge >= 0.3 is 0 Å². The van der Waals surface area contributed by atoms with Crippen molar-refractivity contribution in [1.82, 2.24) is 9.97 Å². The van der Waals surface area contributed by atoms with Crippen molar-refractivity contribution in [3.8, 4) is 11.5 Å². The molecule has 3 aromatic rings. The predicted molar refractivity (Wildman–Crippen MR) is 105 cm³/mol. The Morgan fingerprint density at radius 3 is 2.54 bits per heavy atom. The fourth-order valence-electron chi connectivity index (χ4n) is 2.25. The molecule has 26 heavy (non-hydrogen) atoms. The van der Waals surface area contributed by atoms with Gasteiger partial charge in [-0.15, -0.1) is 0 Å². The van der Waals surface area contributed by atoms with Gasteiger partial charge in [-0.1, -0.05) is 29.3 Å². The van der Waals surface area contributed by atoms with Crippen LogP contribution < -0.4 is 20.1 Å². The van der Waals surface area contributed by atoms with Gasteiger partial charge in [-0.2, -0.15) is 4.98 Å². The molecule has 0 radical (unpaired) electrons. The zero-order valence-electron chi connectivity index (χ0n) is 14.1. The first kappa shape index (κ1) is 18.1. The van der Waals surface area contributed by atoms with E-state index in [0.717, 1.165) is 5.69 Å². The van der Waals surface area contributed by atoms with Crippen molar-refractivity contribution in [2.45, 2.75) is 0 Å². The van der Waals surface area contributed by atoms with Gasteiger partial charge in [-0.25, -0.2) is 4.98 Å². The van der Waals surface area contributed by atoms with Gasteiger partial charge in [0, 0.05) is 12.3 Å². The monoisotopic (exact) mass is 390 g/mol. The zero-order valence-corrected chi connectivity index (χ0v) is 15.6. The Balaban J connectivity index is 1.83. The lowest BCUT2D eigenvalue weighted by Gasteiger charge is -2.13. The molecule has 134 valence electrons. The first-order valence-corrected chi connectivity index (χ1v) is 8.39. The van der Waals surface area contributed by atoms with Gasteiger partial charge in [0.05, 0.1) is 35.6 Å². The molecule has 0 fully saturated rings. The Kier molecular flexibility index (Phi) is 5.65. The smallest absolute Gasteiger partial charge is 0.229 e. The number of hydrogen-bond acceptors (Lipinski definition) is 6. The minimum absolute atomic E-state index is 0.381. The van der Waals surface area contributed by atoms with Crippen LogP contribution in [-0.4, -0.2) is 24.2 Å². The maximum atomic E-state index is 6.19. The summed E-state index contributed by atoms with van der Waals surface area (Å²) < 4.78 is 10.6. The van der Waals surface area contributed by atoms with Crippen LogP contribution in [0, 0.1) is 0 Å². The van der Waals surface area contributed by atoms with Crippen molar-refractivity contribution < 1.29 is 9.47 Å². The van der Waals surface area contributed by atoms with Crippen LogP contribution in [0.4, 0.5) is 23.1 Å². The highest BCUT2D eigenvalue weighted by molar-refractivity contribution is 6.43. The van der Waals surface area contributed by atoms with Gasteiger partial charge in [0.25, 0.3) is 0 Å². The van der Waals surface area contributed by atoms with E-state index in [4.69, 9.17) is 32.7 Å². The molecule has 0 aliphatic carbocycles. The van der Waals surface area contributed by atoms with Crippen molar-refractivity contribution in [3.63, 3.8) is 0 Å². The lowest BCUT2D eigenvalue weighted by molar-refractivity contribution is 0.395. The van der Waals surface area contributed by atoms with Crippen LogP contribution in [0.3, 0.4) is 0 Å². The third-order valence-electron chi connectivity index (χ3n) is 3.53. The molecule has 0 saturated carbocycles. The second kappa shape index (κ2) is 8.12. The summed E-state index contributed by atoms with van der Waals surface area (Å²) in [5, 5.41) is 7.12. The van der Waals surface area contributed by atoms with Crippen LogP contribution in [0.15, 0.2) is 48.7 Å². The van der Waals surface area contributed by atoms with Crippen LogP contribution in [0.1, 0.15) is 0 Å². The van der Waals surface area contributed by atoms with E-state index >= 15 is 0 Å². The van der Waals surface area contributed by atoms with Crippen molar-refractivity contribution in [1.29, 1.82) is 0 Å². The fraction of sp³-hybridized carbons (Fsp3) is 0.111. The Bertz CT molecular complexity index is 921. The highest BCUT2D eigenvalue weighted by atomic mass is 35.5. The second-order valence-corrected chi connectivity index (χ2v) is 5.97. The van der Waals surface area contributed by atoms with Crippen molar-refractivity contribution in [2.75, 3.05) is 24.9 Å². The highest BCUT2D eigenvalue weighted by Gasteiger charge is 2.09. The maximum absolute atomic E-state index is 6.19. The lowest BCUT2D eigenvalue weighted by atomic mass is 10.2. The van der Waals surface area contributed by atoms with E-state index in [0.29, 0.717) is 39.0 Å². The summed E-state index contributed by atoms with van der Waals surface area (Å²) in [6.07, 6.45) is 1.63. The third-order valence-corrected chi connectivity index (χ3v) is 4.34. The van der Waals surface area contributed by atoms with Crippen molar-refractivity contribution >= 4 is 46.3 Å². The van der Waals surface area contributed by atoms with E-state index in [1.807, 2.05) is 12.1 Å². The maximum Gasteiger partial charge on any atom is 0.229 e. The molecule has 3 rings (SSSR count). The summed E-state index contributed by atoms with van der Waals surface area (Å²) >= 11 is 12.2. The van der Waals surface area contributed by atoms with Gasteiger partial charge in [0.15, 0.2) is 0 Å². The molecule has 6 nitrogen and oxygen atoms in total. The summed E-state index contributed by atoms with van der Waals surface area (Å²) in [5.74, 6) is 2.30. The van der Waals surface area contributed by atoms with Crippen LogP contribution in [-0.2, 0) is 0 Å². The molecule has 0 spiro atoms. The van der Waals surface area contributed by atoms with Crippen LogP contribution in [0.2, 0.25) is 10.0 Å². The van der Waals surface area contributed by atoms with E-state index in [9.17, 15) is 0 Å². The molecule has 0 amide bonds. The molecular weight excluding hydrogens is 375 g/mol. The van der Waals surface area contributed by atoms with Gasteiger partial charge in [0.2, 0.25) is 5.95 Å². The molecule has 2 aromatic carbocycles. The number of nitrogens with zero attached hydrogens (tertiary/aromatic N) is 2. The average Bonchev–Trinajstić information content (AvgIpc) is 2.66. The Hall–Kier alpha value is -2.70. The lowest BCUT2D eigenvalue weighted by Crippen LogP contribution is -2.02. The van der Waals surface area contributed by atoms with Crippen molar-refractivity contribution in [2.24, 2.45) is 0 Å². The number of benzene rings is 2. The molecule has 2 N–H and O–H groups in total. The second-order valence-electron chi connectivity index (χ2n) is 5.18. The molecule has 0 aliphatic heterocycles. The number of hydrogen-bond donors (Lipinski definition) is 2. The Morgan fingerprint density at radius 1 is 0.923 bits per heavy atom. The number of methoxy groups -OCH3 is 2. The third kappa shape index (κ3) is 4.09. The van der Waals surface area contributed by atoms with Gasteiger partial charge < -0.3 is 20.1 Å². The van der Waals surface area contributed by atoms with Gasteiger partial charge in [-0.3, -0.25) is 0 Å². The summed E-state index contributed by atoms with van der Waals surface area (Å²) in [6.45, 7) is 0. The molecule has 1 heterocycles. The van der Waals surface area contributed by atoms with E-state index in [2.05, 4.69) is 20.6 Å². The zero-order chi connectivity index (χ0) is 18.5. The highest BCUT2D eigenvalue weighted by Crippen LogP contribution is 2.32. The van der Waals surface area contributed by atoms with E-state index in [1.54, 1.807) is 50.7 Å². The minimum Gasteiger partial charge on any atom is -0.497 e. The number of rotatable bonds is 6. The topological polar surface area (TPSA) is 68.3 Å². The molecular formula is C18H16Cl2N4O2. The van der Waals surface area contributed by atoms with Crippen LogP contribution in [0.5, 0.6) is 11.5 Å². The Labute approximate surface area is 161 Å². The number of halogens is 2. The summed E-state index contributed by atoms with van der Waals surface area (Å²) in [5.41, 5.74) is 1.37. The number of nitrogens with one attached hydrogen (secondary N) is 2. The normalized spacial score (nSPS) is 10.3. The molecule has 0 atom stereocenters. The van der Waals surface area contributed by atoms with Crippen LogP contribution >= 0.6 is 23.2 Å². The predicted octanol–water partition coefficient (Wildman–Crippen LogP) is 5.29. The standard InChI is InChI=1S/C18H16Cl2N4O2/c1-25-11-6-7-13(15(10-11)26-2)22-16-8-9-21-18(24-16)23-14-5-3-4-12(19)17(14)20/h3-10H,1-2H3,(H2,21,22,23,24). The van der Waals surface area contributed by atoms with Crippen molar-refractivity contribution in [3.05, 3.63) is 58.7 Å². The number of aromatic nitrogens is 2. The molecule has 8 heteroatoms. The summed E-state index contributed by atoms with van der Waals surface area (Å²) in [7, 11) is 3.19. The average molecular weight is 391 g/mol. The molecule has 0 unspecified atom stereocenters. The Morgan fingerprint density at radius 2 is 1.77 bits per heavy atom. The number of ether oxygens (including phenoxy) is 2.